The van der Waals surface area contributed by atoms with Crippen LogP contribution in [-0.4, -0.2) is 12.7 Å². The summed E-state index contributed by atoms with van der Waals surface area (Å²) in [6, 6.07) is 5.40. The first-order valence-corrected chi connectivity index (χ1v) is 7.54. The van der Waals surface area contributed by atoms with Gasteiger partial charge >= 0.3 is 6.18 Å². The molecule has 6 heteroatoms. The van der Waals surface area contributed by atoms with Crippen LogP contribution in [0.2, 0.25) is 5.02 Å². The molecule has 0 radical (unpaired) electrons. The summed E-state index contributed by atoms with van der Waals surface area (Å²) in [7, 11) is 0. The van der Waals surface area contributed by atoms with E-state index in [1.165, 1.54) is 0 Å². The van der Waals surface area contributed by atoms with Crippen LogP contribution in [0.3, 0.4) is 0 Å². The van der Waals surface area contributed by atoms with Crippen LogP contribution in [0.5, 0.6) is 0 Å². The van der Waals surface area contributed by atoms with Crippen molar-refractivity contribution in [1.82, 2.24) is 5.32 Å². The minimum absolute atomic E-state index is 0.0852. The highest BCUT2D eigenvalue weighted by Crippen LogP contribution is 2.29. The molecule has 0 fully saturated rings. The van der Waals surface area contributed by atoms with Gasteiger partial charge in [-0.2, -0.15) is 13.2 Å². The van der Waals surface area contributed by atoms with Gasteiger partial charge in [-0.05, 0) is 65.7 Å². The van der Waals surface area contributed by atoms with Crippen LogP contribution >= 0.6 is 34.2 Å². The Bertz CT molecular complexity index is 409. The third kappa shape index (κ3) is 6.31. The van der Waals surface area contributed by atoms with E-state index in [-0.39, 0.29) is 12.5 Å². The third-order valence-electron chi connectivity index (χ3n) is 2.74. The van der Waals surface area contributed by atoms with Gasteiger partial charge in [0.25, 0.3) is 0 Å². The molecule has 108 valence electrons. The molecule has 1 N–H and O–H groups in total. The van der Waals surface area contributed by atoms with E-state index in [1.54, 1.807) is 6.07 Å². The largest absolute Gasteiger partial charge is 0.389 e. The van der Waals surface area contributed by atoms with Crippen LogP contribution in [-0.2, 0) is 0 Å². The highest BCUT2D eigenvalue weighted by atomic mass is 127. The number of hydrogen-bond donors (Lipinski definition) is 1. The fourth-order valence-electron chi connectivity index (χ4n) is 1.90. The zero-order valence-electron chi connectivity index (χ0n) is 10.5. The van der Waals surface area contributed by atoms with Crippen LogP contribution in [0.4, 0.5) is 13.2 Å². The van der Waals surface area contributed by atoms with Crippen molar-refractivity contribution in [3.05, 3.63) is 32.4 Å². The standard InChI is InChI=1S/C13H16ClF3IN/c1-2-19-12(4-3-7-13(15,16)17)10-8-9(14)5-6-11(10)18/h5-6,8,12,19H,2-4,7H2,1H3. The maximum absolute atomic E-state index is 12.2. The van der Waals surface area contributed by atoms with Crippen molar-refractivity contribution in [2.75, 3.05) is 6.54 Å². The van der Waals surface area contributed by atoms with Crippen molar-refractivity contribution >= 4 is 34.2 Å². The molecule has 0 saturated heterocycles. The van der Waals surface area contributed by atoms with Gasteiger partial charge in [0.1, 0.15) is 0 Å². The second kappa shape index (κ2) is 7.69. The maximum atomic E-state index is 12.2. The van der Waals surface area contributed by atoms with Crippen molar-refractivity contribution in [3.63, 3.8) is 0 Å². The van der Waals surface area contributed by atoms with Crippen molar-refractivity contribution in [1.29, 1.82) is 0 Å². The molecule has 1 nitrogen and oxygen atoms in total. The first-order chi connectivity index (χ1) is 8.83. The monoisotopic (exact) mass is 405 g/mol. The summed E-state index contributed by atoms with van der Waals surface area (Å²) in [5.41, 5.74) is 0.970. The molecule has 0 bridgehead atoms. The Morgan fingerprint density at radius 3 is 2.63 bits per heavy atom. The van der Waals surface area contributed by atoms with E-state index in [9.17, 15) is 13.2 Å². The van der Waals surface area contributed by atoms with Crippen molar-refractivity contribution in [3.8, 4) is 0 Å². The molecule has 0 saturated carbocycles. The summed E-state index contributed by atoms with van der Waals surface area (Å²) in [4.78, 5) is 0. The fraction of sp³-hybridized carbons (Fsp3) is 0.538. The number of benzene rings is 1. The summed E-state index contributed by atoms with van der Waals surface area (Å²) in [5.74, 6) is 0. The molecule has 0 aliphatic rings. The number of alkyl halides is 3. The molecule has 1 unspecified atom stereocenters. The third-order valence-corrected chi connectivity index (χ3v) is 3.95. The van der Waals surface area contributed by atoms with E-state index in [2.05, 4.69) is 27.9 Å². The number of hydrogen-bond acceptors (Lipinski definition) is 1. The van der Waals surface area contributed by atoms with Gasteiger partial charge < -0.3 is 5.32 Å². The van der Waals surface area contributed by atoms with Crippen LogP contribution in [0.1, 0.15) is 37.8 Å². The number of halogens is 5. The lowest BCUT2D eigenvalue weighted by atomic mass is 10.0. The van der Waals surface area contributed by atoms with E-state index in [0.717, 1.165) is 9.13 Å². The van der Waals surface area contributed by atoms with Gasteiger partial charge in [0, 0.05) is 21.1 Å². The van der Waals surface area contributed by atoms with E-state index >= 15 is 0 Å². The highest BCUT2D eigenvalue weighted by molar-refractivity contribution is 14.1. The molecule has 19 heavy (non-hydrogen) atoms. The first-order valence-electron chi connectivity index (χ1n) is 6.08. The van der Waals surface area contributed by atoms with Gasteiger partial charge in [-0.3, -0.25) is 0 Å². The quantitative estimate of drug-likeness (QED) is 0.631. The van der Waals surface area contributed by atoms with E-state index < -0.39 is 12.6 Å². The molecule has 1 atom stereocenters. The highest BCUT2D eigenvalue weighted by Gasteiger charge is 2.27. The Morgan fingerprint density at radius 1 is 1.37 bits per heavy atom. The zero-order valence-corrected chi connectivity index (χ0v) is 13.4. The Labute approximate surface area is 130 Å². The van der Waals surface area contributed by atoms with Gasteiger partial charge in [0.15, 0.2) is 0 Å². The minimum atomic E-state index is -4.09. The van der Waals surface area contributed by atoms with E-state index in [1.807, 2.05) is 19.1 Å². The molecule has 1 aromatic rings. The van der Waals surface area contributed by atoms with E-state index in [0.29, 0.717) is 18.0 Å². The predicted molar refractivity (Wildman–Crippen MR) is 80.5 cm³/mol. The number of nitrogens with one attached hydrogen (secondary N) is 1. The molecule has 1 rings (SSSR count). The SMILES string of the molecule is CCNC(CCCC(F)(F)F)c1cc(Cl)ccc1I. The van der Waals surface area contributed by atoms with Crippen LogP contribution in [0.15, 0.2) is 18.2 Å². The summed E-state index contributed by atoms with van der Waals surface area (Å²) >= 11 is 8.14. The minimum Gasteiger partial charge on any atom is -0.310 e. The van der Waals surface area contributed by atoms with Gasteiger partial charge in [-0.15, -0.1) is 0 Å². The smallest absolute Gasteiger partial charge is 0.310 e. The average Bonchev–Trinajstić information content (AvgIpc) is 2.30. The van der Waals surface area contributed by atoms with Crippen LogP contribution in [0, 0.1) is 3.57 Å². The molecule has 0 amide bonds. The van der Waals surface area contributed by atoms with Gasteiger partial charge in [-0.1, -0.05) is 18.5 Å². The van der Waals surface area contributed by atoms with Crippen LogP contribution < -0.4 is 5.32 Å². The lowest BCUT2D eigenvalue weighted by Crippen LogP contribution is -2.22. The summed E-state index contributed by atoms with van der Waals surface area (Å²) in [6.45, 7) is 2.65. The second-order valence-electron chi connectivity index (χ2n) is 4.28. The molecule has 1 aromatic carbocycles. The molecule has 0 aliphatic heterocycles. The normalized spacial score (nSPS) is 13.6. The van der Waals surface area contributed by atoms with Gasteiger partial charge in [0.05, 0.1) is 0 Å². The molecular weight excluding hydrogens is 390 g/mol. The zero-order chi connectivity index (χ0) is 14.5. The fourth-order valence-corrected chi connectivity index (χ4v) is 2.79. The topological polar surface area (TPSA) is 12.0 Å². The lowest BCUT2D eigenvalue weighted by Gasteiger charge is -2.20. The Kier molecular flexibility index (Phi) is 6.90. The first kappa shape index (κ1) is 17.0. The Hall–Kier alpha value is -0.0100. The lowest BCUT2D eigenvalue weighted by molar-refractivity contribution is -0.135. The molecule has 0 spiro atoms. The number of rotatable bonds is 6. The van der Waals surface area contributed by atoms with Crippen LogP contribution in [0.25, 0.3) is 0 Å². The molecule has 0 aromatic heterocycles. The Morgan fingerprint density at radius 2 is 2.05 bits per heavy atom. The average molecular weight is 406 g/mol. The maximum Gasteiger partial charge on any atom is 0.389 e. The van der Waals surface area contributed by atoms with Crippen molar-refractivity contribution < 1.29 is 13.2 Å². The summed E-state index contributed by atoms with van der Waals surface area (Å²) < 4.78 is 37.6. The van der Waals surface area contributed by atoms with Gasteiger partial charge in [0.2, 0.25) is 0 Å². The molecular formula is C13H16ClF3IN. The van der Waals surface area contributed by atoms with Gasteiger partial charge in [-0.25, -0.2) is 0 Å². The summed E-state index contributed by atoms with van der Waals surface area (Å²) in [6.07, 6.45) is -4.27. The predicted octanol–water partition coefficient (Wildman–Crippen LogP) is 5.33. The molecule has 0 aliphatic carbocycles. The van der Waals surface area contributed by atoms with Crippen molar-refractivity contribution in [2.45, 2.75) is 38.4 Å². The molecule has 0 heterocycles. The van der Waals surface area contributed by atoms with E-state index in [4.69, 9.17) is 11.6 Å². The Balaban J connectivity index is 2.73. The van der Waals surface area contributed by atoms with Crippen molar-refractivity contribution in [2.24, 2.45) is 0 Å². The summed E-state index contributed by atoms with van der Waals surface area (Å²) in [5, 5.41) is 3.83. The second-order valence-corrected chi connectivity index (χ2v) is 5.88.